The molecule has 1 amide bonds. The van der Waals surface area contributed by atoms with Gasteiger partial charge in [-0.1, -0.05) is 0 Å². The van der Waals surface area contributed by atoms with Gasteiger partial charge in [-0.15, -0.1) is 0 Å². The quantitative estimate of drug-likeness (QED) is 0.627. The van der Waals surface area contributed by atoms with E-state index in [-0.39, 0.29) is 24.5 Å². The predicted octanol–water partition coefficient (Wildman–Crippen LogP) is -0.257. The summed E-state index contributed by atoms with van der Waals surface area (Å²) in [5.74, 6) is -0.495. The SMILES string of the molecule is CN(C)C(=O)CCCS(=O)(=O)O. The molecule has 72 valence electrons. The van der Waals surface area contributed by atoms with Crippen LogP contribution in [-0.4, -0.2) is 43.6 Å². The minimum absolute atomic E-state index is 0.140. The topological polar surface area (TPSA) is 74.7 Å². The van der Waals surface area contributed by atoms with Crippen LogP contribution in [0.2, 0.25) is 0 Å². The summed E-state index contributed by atoms with van der Waals surface area (Å²) in [6, 6.07) is 0. The van der Waals surface area contributed by atoms with Crippen molar-refractivity contribution in [1.82, 2.24) is 4.90 Å². The molecular formula is C6H13NO4S. The minimum Gasteiger partial charge on any atom is -0.349 e. The van der Waals surface area contributed by atoms with Gasteiger partial charge in [0.15, 0.2) is 0 Å². The summed E-state index contributed by atoms with van der Waals surface area (Å²) in [6.45, 7) is 0. The number of nitrogens with zero attached hydrogens (tertiary/aromatic N) is 1. The summed E-state index contributed by atoms with van der Waals surface area (Å²) in [5, 5.41) is 0. The van der Waals surface area contributed by atoms with Gasteiger partial charge in [-0.3, -0.25) is 9.35 Å². The van der Waals surface area contributed by atoms with Gasteiger partial charge in [0.25, 0.3) is 10.1 Å². The van der Waals surface area contributed by atoms with E-state index in [1.54, 1.807) is 14.1 Å². The van der Waals surface area contributed by atoms with Crippen LogP contribution in [0.1, 0.15) is 12.8 Å². The van der Waals surface area contributed by atoms with Gasteiger partial charge < -0.3 is 4.90 Å². The summed E-state index contributed by atoms with van der Waals surface area (Å²) >= 11 is 0. The van der Waals surface area contributed by atoms with E-state index in [4.69, 9.17) is 4.55 Å². The van der Waals surface area contributed by atoms with E-state index in [1.807, 2.05) is 0 Å². The maximum Gasteiger partial charge on any atom is 0.264 e. The summed E-state index contributed by atoms with van der Waals surface area (Å²) in [4.78, 5) is 12.3. The molecule has 0 aromatic heterocycles. The van der Waals surface area contributed by atoms with Crippen molar-refractivity contribution in [3.05, 3.63) is 0 Å². The molecule has 0 fully saturated rings. The van der Waals surface area contributed by atoms with Crippen LogP contribution >= 0.6 is 0 Å². The maximum atomic E-state index is 10.9. The lowest BCUT2D eigenvalue weighted by Crippen LogP contribution is -2.22. The Balaban J connectivity index is 3.66. The van der Waals surface area contributed by atoms with Crippen LogP contribution in [0.5, 0.6) is 0 Å². The molecule has 0 aliphatic carbocycles. The summed E-state index contributed by atoms with van der Waals surface area (Å²) < 4.78 is 28.7. The number of hydrogen-bond donors (Lipinski definition) is 1. The fraction of sp³-hybridized carbons (Fsp3) is 0.833. The Morgan fingerprint density at radius 2 is 1.92 bits per heavy atom. The second-order valence-corrected chi connectivity index (χ2v) is 4.25. The average Bonchev–Trinajstić information content (AvgIpc) is 1.84. The highest BCUT2D eigenvalue weighted by molar-refractivity contribution is 7.85. The van der Waals surface area contributed by atoms with Crippen LogP contribution in [0.3, 0.4) is 0 Å². The van der Waals surface area contributed by atoms with E-state index in [0.29, 0.717) is 0 Å². The molecule has 12 heavy (non-hydrogen) atoms. The molecule has 0 rings (SSSR count). The normalized spacial score (nSPS) is 11.2. The first-order valence-electron chi connectivity index (χ1n) is 3.48. The van der Waals surface area contributed by atoms with Crippen molar-refractivity contribution in [1.29, 1.82) is 0 Å². The zero-order valence-electron chi connectivity index (χ0n) is 7.15. The summed E-state index contributed by atoms with van der Waals surface area (Å²) in [5.41, 5.74) is 0. The molecule has 0 saturated heterocycles. The molecule has 6 heteroatoms. The van der Waals surface area contributed by atoms with Crippen molar-refractivity contribution in [2.75, 3.05) is 19.8 Å². The molecule has 0 aromatic rings. The Labute approximate surface area is 72.1 Å². The Bertz CT molecular complexity index is 244. The van der Waals surface area contributed by atoms with Crippen molar-refractivity contribution in [3.8, 4) is 0 Å². The number of carbonyl (C=O) groups is 1. The van der Waals surface area contributed by atoms with Crippen molar-refractivity contribution in [2.45, 2.75) is 12.8 Å². The summed E-state index contributed by atoms with van der Waals surface area (Å²) in [7, 11) is -0.730. The smallest absolute Gasteiger partial charge is 0.264 e. The van der Waals surface area contributed by atoms with Gasteiger partial charge >= 0.3 is 0 Å². The first-order valence-corrected chi connectivity index (χ1v) is 5.09. The fourth-order valence-corrected chi connectivity index (χ4v) is 1.14. The number of carbonyl (C=O) groups excluding carboxylic acids is 1. The number of hydrogen-bond acceptors (Lipinski definition) is 3. The Morgan fingerprint density at radius 3 is 2.25 bits per heavy atom. The van der Waals surface area contributed by atoms with Gasteiger partial charge in [0.2, 0.25) is 5.91 Å². The van der Waals surface area contributed by atoms with Gasteiger partial charge in [0.05, 0.1) is 5.75 Å². The number of amides is 1. The van der Waals surface area contributed by atoms with Gasteiger partial charge in [0, 0.05) is 20.5 Å². The highest BCUT2D eigenvalue weighted by Crippen LogP contribution is 1.96. The molecule has 1 N–H and O–H groups in total. The molecule has 0 heterocycles. The van der Waals surface area contributed by atoms with E-state index in [2.05, 4.69) is 0 Å². The third-order valence-electron chi connectivity index (χ3n) is 1.29. The molecule has 0 atom stereocenters. The molecule has 0 bridgehead atoms. The third kappa shape index (κ3) is 6.11. The number of rotatable bonds is 4. The molecule has 0 saturated carbocycles. The van der Waals surface area contributed by atoms with Crippen LogP contribution in [0.15, 0.2) is 0 Å². The van der Waals surface area contributed by atoms with Crippen LogP contribution in [0, 0.1) is 0 Å². The van der Waals surface area contributed by atoms with Gasteiger partial charge in [0.1, 0.15) is 0 Å². The Morgan fingerprint density at radius 1 is 1.42 bits per heavy atom. The first kappa shape index (κ1) is 11.4. The fourth-order valence-electron chi connectivity index (χ4n) is 0.629. The van der Waals surface area contributed by atoms with Crippen molar-refractivity contribution in [2.24, 2.45) is 0 Å². The highest BCUT2D eigenvalue weighted by atomic mass is 32.2. The molecule has 0 unspecified atom stereocenters. The van der Waals surface area contributed by atoms with Crippen LogP contribution < -0.4 is 0 Å². The largest absolute Gasteiger partial charge is 0.349 e. The lowest BCUT2D eigenvalue weighted by Gasteiger charge is -2.08. The van der Waals surface area contributed by atoms with E-state index in [9.17, 15) is 13.2 Å². The van der Waals surface area contributed by atoms with E-state index in [0.717, 1.165) is 0 Å². The average molecular weight is 195 g/mol. The zero-order chi connectivity index (χ0) is 9.78. The van der Waals surface area contributed by atoms with Gasteiger partial charge in [-0.2, -0.15) is 8.42 Å². The minimum atomic E-state index is -3.92. The van der Waals surface area contributed by atoms with Crippen LogP contribution in [0.4, 0.5) is 0 Å². The summed E-state index contributed by atoms with van der Waals surface area (Å²) in [6.07, 6.45) is 0.308. The molecule has 0 aliphatic heterocycles. The van der Waals surface area contributed by atoms with Crippen LogP contribution in [-0.2, 0) is 14.9 Å². The Kier molecular flexibility index (Phi) is 4.19. The van der Waals surface area contributed by atoms with E-state index < -0.39 is 10.1 Å². The standard InChI is InChI=1S/C6H13NO4S/c1-7(2)6(8)4-3-5-12(9,10)11/h3-5H2,1-2H3,(H,9,10,11). The second-order valence-electron chi connectivity index (χ2n) is 2.68. The zero-order valence-corrected chi connectivity index (χ0v) is 7.97. The second kappa shape index (κ2) is 4.42. The molecule has 0 spiro atoms. The monoisotopic (exact) mass is 195 g/mol. The van der Waals surface area contributed by atoms with Crippen LogP contribution in [0.25, 0.3) is 0 Å². The highest BCUT2D eigenvalue weighted by Gasteiger charge is 2.08. The lowest BCUT2D eigenvalue weighted by molar-refractivity contribution is -0.128. The van der Waals surface area contributed by atoms with Gasteiger partial charge in [-0.05, 0) is 6.42 Å². The van der Waals surface area contributed by atoms with E-state index in [1.165, 1.54) is 4.90 Å². The van der Waals surface area contributed by atoms with Crippen molar-refractivity contribution < 1.29 is 17.8 Å². The third-order valence-corrected chi connectivity index (χ3v) is 2.10. The van der Waals surface area contributed by atoms with Crippen molar-refractivity contribution >= 4 is 16.0 Å². The predicted molar refractivity (Wildman–Crippen MR) is 44.3 cm³/mol. The lowest BCUT2D eigenvalue weighted by atomic mass is 10.3. The van der Waals surface area contributed by atoms with Crippen molar-refractivity contribution in [3.63, 3.8) is 0 Å². The van der Waals surface area contributed by atoms with Gasteiger partial charge in [-0.25, -0.2) is 0 Å². The molecule has 5 nitrogen and oxygen atoms in total. The molecular weight excluding hydrogens is 182 g/mol. The maximum absolute atomic E-state index is 10.9. The molecule has 0 aliphatic rings. The molecule has 0 radical (unpaired) electrons. The molecule has 0 aromatic carbocycles. The first-order chi connectivity index (χ1) is 5.33. The Hall–Kier alpha value is -0.620. The van der Waals surface area contributed by atoms with E-state index >= 15 is 0 Å².